The number of para-hydroxylation sites is 1. The van der Waals surface area contributed by atoms with E-state index >= 15 is 0 Å². The van der Waals surface area contributed by atoms with Gasteiger partial charge in [0, 0.05) is 32.5 Å². The number of benzene rings is 2. The van der Waals surface area contributed by atoms with Gasteiger partial charge in [0.15, 0.2) is 11.5 Å². The van der Waals surface area contributed by atoms with E-state index in [-0.39, 0.29) is 23.7 Å². The van der Waals surface area contributed by atoms with E-state index in [0.717, 1.165) is 16.9 Å². The number of hydrogen-bond acceptors (Lipinski definition) is 5. The zero-order valence-electron chi connectivity index (χ0n) is 19.2. The van der Waals surface area contributed by atoms with E-state index < -0.39 is 0 Å². The highest BCUT2D eigenvalue weighted by molar-refractivity contribution is 5.81. The van der Waals surface area contributed by atoms with Crippen LogP contribution in [0.4, 0.5) is 0 Å². The van der Waals surface area contributed by atoms with Crippen LogP contribution in [0.3, 0.4) is 0 Å². The van der Waals surface area contributed by atoms with Crippen LogP contribution in [0.5, 0.6) is 17.2 Å². The summed E-state index contributed by atoms with van der Waals surface area (Å²) in [7, 11) is 4.84. The number of likely N-dealkylation sites (tertiary alicyclic amines) is 1. The van der Waals surface area contributed by atoms with Crippen LogP contribution in [0.1, 0.15) is 30.4 Å². The fraction of sp³-hybridized carbons (Fsp3) is 0.440. The molecule has 1 saturated heterocycles. The first-order valence-corrected chi connectivity index (χ1v) is 10.8. The van der Waals surface area contributed by atoms with Crippen LogP contribution < -0.4 is 19.5 Å². The summed E-state index contributed by atoms with van der Waals surface area (Å²) in [5.74, 6) is 1.82. The Morgan fingerprint density at radius 1 is 0.969 bits per heavy atom. The maximum absolute atomic E-state index is 13.0. The maximum Gasteiger partial charge on any atom is 0.224 e. The molecular weight excluding hydrogens is 408 g/mol. The second-order valence-electron chi connectivity index (χ2n) is 8.02. The van der Waals surface area contributed by atoms with Gasteiger partial charge >= 0.3 is 0 Å². The third-order valence-corrected chi connectivity index (χ3v) is 6.03. The molecule has 0 bridgehead atoms. The van der Waals surface area contributed by atoms with Crippen molar-refractivity contribution in [2.45, 2.75) is 25.7 Å². The third kappa shape index (κ3) is 5.52. The van der Waals surface area contributed by atoms with Gasteiger partial charge in [-0.05, 0) is 42.2 Å². The first kappa shape index (κ1) is 23.4. The zero-order valence-corrected chi connectivity index (χ0v) is 19.2. The lowest BCUT2D eigenvalue weighted by molar-refractivity contribution is -0.134. The van der Waals surface area contributed by atoms with E-state index in [1.165, 1.54) is 0 Å². The molecule has 0 saturated carbocycles. The highest BCUT2D eigenvalue weighted by Gasteiger charge is 2.33. The van der Waals surface area contributed by atoms with E-state index in [9.17, 15) is 9.59 Å². The van der Waals surface area contributed by atoms with E-state index in [0.29, 0.717) is 44.0 Å². The monoisotopic (exact) mass is 440 g/mol. The van der Waals surface area contributed by atoms with Gasteiger partial charge in [0.2, 0.25) is 11.8 Å². The Kier molecular flexibility index (Phi) is 7.98. The molecule has 1 N–H and O–H groups in total. The van der Waals surface area contributed by atoms with Gasteiger partial charge in [0.1, 0.15) is 5.75 Å². The molecule has 172 valence electrons. The van der Waals surface area contributed by atoms with Crippen LogP contribution in [-0.2, 0) is 16.0 Å². The van der Waals surface area contributed by atoms with Crippen molar-refractivity contribution in [3.63, 3.8) is 0 Å². The largest absolute Gasteiger partial charge is 0.496 e. The topological polar surface area (TPSA) is 77.1 Å². The number of piperidine rings is 1. The molecule has 2 aromatic rings. The predicted molar refractivity (Wildman–Crippen MR) is 122 cm³/mol. The summed E-state index contributed by atoms with van der Waals surface area (Å²) in [5.41, 5.74) is 2.08. The Labute approximate surface area is 189 Å². The highest BCUT2D eigenvalue weighted by Crippen LogP contribution is 2.35. The van der Waals surface area contributed by atoms with Gasteiger partial charge in [0.05, 0.1) is 27.2 Å². The number of rotatable bonds is 8. The van der Waals surface area contributed by atoms with E-state index in [1.54, 1.807) is 33.2 Å². The van der Waals surface area contributed by atoms with Crippen LogP contribution in [0.2, 0.25) is 0 Å². The molecule has 2 amide bonds. The van der Waals surface area contributed by atoms with Gasteiger partial charge in [0.25, 0.3) is 0 Å². The number of carbonyl (C=O) groups excluding carboxylic acids is 2. The van der Waals surface area contributed by atoms with E-state index in [1.807, 2.05) is 42.5 Å². The van der Waals surface area contributed by atoms with Gasteiger partial charge in [-0.3, -0.25) is 9.59 Å². The van der Waals surface area contributed by atoms with Crippen molar-refractivity contribution in [3.05, 3.63) is 53.6 Å². The molecule has 3 rings (SSSR count). The Morgan fingerprint density at radius 2 is 1.69 bits per heavy atom. The van der Waals surface area contributed by atoms with Crippen molar-refractivity contribution in [2.24, 2.45) is 5.92 Å². The van der Waals surface area contributed by atoms with Crippen LogP contribution >= 0.6 is 0 Å². The molecule has 7 nitrogen and oxygen atoms in total. The molecule has 0 radical (unpaired) electrons. The molecule has 32 heavy (non-hydrogen) atoms. The number of methoxy groups -OCH3 is 3. The van der Waals surface area contributed by atoms with Gasteiger partial charge < -0.3 is 24.4 Å². The molecule has 1 aliphatic rings. The number of ether oxygens (including phenoxy) is 3. The Hall–Kier alpha value is -3.22. The molecule has 0 aliphatic carbocycles. The lowest BCUT2D eigenvalue weighted by Crippen LogP contribution is -2.47. The van der Waals surface area contributed by atoms with Crippen molar-refractivity contribution in [1.82, 2.24) is 10.2 Å². The number of amides is 2. The van der Waals surface area contributed by atoms with Gasteiger partial charge in [-0.25, -0.2) is 0 Å². The maximum atomic E-state index is 13.0. The average Bonchev–Trinajstić information content (AvgIpc) is 2.83. The summed E-state index contributed by atoms with van der Waals surface area (Å²) < 4.78 is 16.1. The lowest BCUT2D eigenvalue weighted by atomic mass is 9.83. The molecule has 0 unspecified atom stereocenters. The van der Waals surface area contributed by atoms with Crippen molar-refractivity contribution < 1.29 is 23.8 Å². The van der Waals surface area contributed by atoms with E-state index in [4.69, 9.17) is 14.2 Å². The molecule has 2 atom stereocenters. The molecule has 0 aromatic heterocycles. The quantitative estimate of drug-likeness (QED) is 0.683. The fourth-order valence-electron chi connectivity index (χ4n) is 4.27. The zero-order chi connectivity index (χ0) is 23.1. The summed E-state index contributed by atoms with van der Waals surface area (Å²) in [6, 6.07) is 13.6. The molecule has 1 aliphatic heterocycles. The summed E-state index contributed by atoms with van der Waals surface area (Å²) in [4.78, 5) is 26.9. The summed E-state index contributed by atoms with van der Waals surface area (Å²) in [6.07, 6.45) is 1.34. The van der Waals surface area contributed by atoms with Crippen molar-refractivity contribution in [2.75, 3.05) is 41.0 Å². The SMILES string of the molecule is COc1ccccc1CCNC(=O)[C@@H]1C[C@@H](c2ccc(OC)c(OC)c2)CN(C(C)=O)C1. The minimum atomic E-state index is -0.275. The molecule has 0 spiro atoms. The van der Waals surface area contributed by atoms with Crippen molar-refractivity contribution in [3.8, 4) is 17.2 Å². The second kappa shape index (κ2) is 10.9. The highest BCUT2D eigenvalue weighted by atomic mass is 16.5. The van der Waals surface area contributed by atoms with Crippen LogP contribution in [0, 0.1) is 5.92 Å². The van der Waals surface area contributed by atoms with Gasteiger partial charge in [-0.1, -0.05) is 24.3 Å². The number of nitrogens with one attached hydrogen (secondary N) is 1. The second-order valence-corrected chi connectivity index (χ2v) is 8.02. The average molecular weight is 441 g/mol. The fourth-order valence-corrected chi connectivity index (χ4v) is 4.27. The first-order valence-electron chi connectivity index (χ1n) is 10.8. The minimum absolute atomic E-state index is 0.0259. The van der Waals surface area contributed by atoms with Gasteiger partial charge in [-0.2, -0.15) is 0 Å². The standard InChI is InChI=1S/C25H32N2O5/c1-17(28)27-15-20(19-9-10-23(31-3)24(14-19)32-4)13-21(16-27)25(29)26-12-11-18-7-5-6-8-22(18)30-2/h5-10,14,20-21H,11-13,15-16H2,1-4H3,(H,26,29)/t20-,21-/m1/s1. The summed E-state index contributed by atoms with van der Waals surface area (Å²) >= 11 is 0. The molecule has 1 fully saturated rings. The van der Waals surface area contributed by atoms with Gasteiger partial charge in [-0.15, -0.1) is 0 Å². The number of hydrogen-bond donors (Lipinski definition) is 1. The first-order chi connectivity index (χ1) is 15.5. The van der Waals surface area contributed by atoms with Crippen molar-refractivity contribution in [1.29, 1.82) is 0 Å². The molecule has 1 heterocycles. The normalized spacial score (nSPS) is 18.1. The molecule has 7 heteroatoms. The third-order valence-electron chi connectivity index (χ3n) is 6.03. The number of nitrogens with zero attached hydrogens (tertiary/aromatic N) is 1. The Morgan fingerprint density at radius 3 is 2.38 bits per heavy atom. The Balaban J connectivity index is 1.69. The minimum Gasteiger partial charge on any atom is -0.496 e. The smallest absolute Gasteiger partial charge is 0.224 e. The number of carbonyl (C=O) groups is 2. The van der Waals surface area contributed by atoms with Crippen molar-refractivity contribution >= 4 is 11.8 Å². The molecular formula is C25H32N2O5. The van der Waals surface area contributed by atoms with Crippen LogP contribution in [0.25, 0.3) is 0 Å². The summed E-state index contributed by atoms with van der Waals surface area (Å²) in [5, 5.41) is 3.05. The summed E-state index contributed by atoms with van der Waals surface area (Å²) in [6.45, 7) is 3.07. The van der Waals surface area contributed by atoms with Crippen LogP contribution in [-0.4, -0.2) is 57.7 Å². The predicted octanol–water partition coefficient (Wildman–Crippen LogP) is 3.02. The molecule has 2 aromatic carbocycles. The lowest BCUT2D eigenvalue weighted by Gasteiger charge is -2.37. The Bertz CT molecular complexity index is 946. The van der Waals surface area contributed by atoms with E-state index in [2.05, 4.69) is 5.32 Å². The van der Waals surface area contributed by atoms with Crippen LogP contribution in [0.15, 0.2) is 42.5 Å².